The predicted molar refractivity (Wildman–Crippen MR) is 84.1 cm³/mol. The monoisotopic (exact) mass is 289 g/mol. The van der Waals surface area contributed by atoms with E-state index < -0.39 is 0 Å². The number of hydrogen-bond donors (Lipinski definition) is 2. The molecule has 0 saturated carbocycles. The van der Waals surface area contributed by atoms with Crippen LogP contribution in [-0.4, -0.2) is 30.8 Å². The Morgan fingerprint density at radius 3 is 2.90 bits per heavy atom. The van der Waals surface area contributed by atoms with Gasteiger partial charge in [0.05, 0.1) is 12.7 Å². The van der Waals surface area contributed by atoms with Crippen molar-refractivity contribution in [1.82, 2.24) is 0 Å². The number of hydrogen-bond acceptors (Lipinski definition) is 3. The van der Waals surface area contributed by atoms with Crippen LogP contribution >= 0.6 is 0 Å². The quantitative estimate of drug-likeness (QED) is 0.791. The second kappa shape index (κ2) is 9.17. The minimum absolute atomic E-state index is 0.0255. The Bertz CT molecular complexity index is 529. The van der Waals surface area contributed by atoms with Crippen LogP contribution in [0.1, 0.15) is 37.3 Å². The summed E-state index contributed by atoms with van der Waals surface area (Å²) in [7, 11) is 1.64. The van der Waals surface area contributed by atoms with Crippen LogP contribution < -0.4 is 5.32 Å². The lowest BCUT2D eigenvalue weighted by Crippen LogP contribution is -2.15. The molecule has 4 nitrogen and oxygen atoms in total. The first kappa shape index (κ1) is 17.2. The average molecular weight is 289 g/mol. The molecule has 1 aromatic carbocycles. The summed E-state index contributed by atoms with van der Waals surface area (Å²) < 4.78 is 5.13. The summed E-state index contributed by atoms with van der Waals surface area (Å²) in [6.07, 6.45) is 1.64. The lowest BCUT2D eigenvalue weighted by atomic mass is 10.1. The summed E-state index contributed by atoms with van der Waals surface area (Å²) in [5, 5.41) is 11.6. The number of benzene rings is 1. The van der Waals surface area contributed by atoms with Crippen LogP contribution in [0.3, 0.4) is 0 Å². The van der Waals surface area contributed by atoms with Gasteiger partial charge in [0.15, 0.2) is 0 Å². The molecule has 0 aliphatic carbocycles. The molecule has 0 radical (unpaired) electrons. The molecule has 0 aliphatic rings. The van der Waals surface area contributed by atoms with Crippen molar-refractivity contribution in [1.29, 1.82) is 0 Å². The fourth-order valence-electron chi connectivity index (χ4n) is 1.72. The normalized spacial score (nSPS) is 11.4. The highest BCUT2D eigenvalue weighted by Gasteiger charge is 2.08. The van der Waals surface area contributed by atoms with Crippen molar-refractivity contribution in [3.05, 3.63) is 29.3 Å². The molecule has 0 fully saturated rings. The Kier molecular flexibility index (Phi) is 7.52. The molecule has 0 saturated heterocycles. The molecule has 1 rings (SSSR count). The number of nitrogens with one attached hydrogen (secondary N) is 1. The molecular formula is C17H23NO3. The number of methoxy groups -OCH3 is 1. The number of amides is 1. The third-order valence-electron chi connectivity index (χ3n) is 3.16. The van der Waals surface area contributed by atoms with Crippen molar-refractivity contribution in [3.63, 3.8) is 0 Å². The molecule has 0 heterocycles. The van der Waals surface area contributed by atoms with Gasteiger partial charge in [-0.3, -0.25) is 4.79 Å². The van der Waals surface area contributed by atoms with Gasteiger partial charge in [0.25, 0.3) is 0 Å². The van der Waals surface area contributed by atoms with Gasteiger partial charge in [0, 0.05) is 31.2 Å². The molecule has 0 aliphatic heterocycles. The van der Waals surface area contributed by atoms with Crippen LogP contribution in [0, 0.1) is 18.8 Å². The summed E-state index contributed by atoms with van der Waals surface area (Å²) >= 11 is 0. The molecule has 0 aromatic heterocycles. The SMILES string of the molecule is COC(C)CCC(=O)Nc1cc(C#CCCO)ccc1C. The highest BCUT2D eigenvalue weighted by molar-refractivity contribution is 5.91. The van der Waals surface area contributed by atoms with Gasteiger partial charge in [0.2, 0.25) is 5.91 Å². The number of aryl methyl sites for hydroxylation is 1. The largest absolute Gasteiger partial charge is 0.395 e. The zero-order valence-corrected chi connectivity index (χ0v) is 12.9. The van der Waals surface area contributed by atoms with Gasteiger partial charge in [-0.1, -0.05) is 17.9 Å². The number of aliphatic hydroxyl groups is 1. The highest BCUT2D eigenvalue weighted by atomic mass is 16.5. The van der Waals surface area contributed by atoms with Crippen molar-refractivity contribution >= 4 is 11.6 Å². The molecule has 4 heteroatoms. The molecule has 0 spiro atoms. The number of rotatable bonds is 6. The second-order valence-electron chi connectivity index (χ2n) is 4.94. The van der Waals surface area contributed by atoms with Gasteiger partial charge in [-0.15, -0.1) is 0 Å². The van der Waals surface area contributed by atoms with Crippen molar-refractivity contribution in [2.75, 3.05) is 19.0 Å². The van der Waals surface area contributed by atoms with E-state index in [0.29, 0.717) is 19.3 Å². The zero-order valence-electron chi connectivity index (χ0n) is 12.9. The lowest BCUT2D eigenvalue weighted by molar-refractivity contribution is -0.116. The molecule has 0 bridgehead atoms. The maximum atomic E-state index is 11.9. The molecule has 1 aromatic rings. The molecule has 2 N–H and O–H groups in total. The number of anilines is 1. The number of ether oxygens (including phenoxy) is 1. The first-order valence-corrected chi connectivity index (χ1v) is 7.10. The minimum atomic E-state index is -0.0255. The van der Waals surface area contributed by atoms with Crippen LogP contribution in [0.4, 0.5) is 5.69 Å². The second-order valence-corrected chi connectivity index (χ2v) is 4.94. The van der Waals surface area contributed by atoms with E-state index in [0.717, 1.165) is 16.8 Å². The first-order chi connectivity index (χ1) is 10.1. The standard InChI is InChI=1S/C17H23NO3/c1-13-7-9-15(6-4-5-11-19)12-16(13)18-17(20)10-8-14(2)21-3/h7,9,12,14,19H,5,8,10-11H2,1-3H3,(H,18,20). The topological polar surface area (TPSA) is 58.6 Å². The fourth-order valence-corrected chi connectivity index (χ4v) is 1.72. The van der Waals surface area contributed by atoms with Gasteiger partial charge >= 0.3 is 0 Å². The third kappa shape index (κ3) is 6.44. The van der Waals surface area contributed by atoms with Crippen LogP contribution in [-0.2, 0) is 9.53 Å². The van der Waals surface area contributed by atoms with Gasteiger partial charge in [0.1, 0.15) is 0 Å². The van der Waals surface area contributed by atoms with Crippen molar-refractivity contribution < 1.29 is 14.6 Å². The zero-order chi connectivity index (χ0) is 15.7. The molecular weight excluding hydrogens is 266 g/mol. The smallest absolute Gasteiger partial charge is 0.224 e. The van der Waals surface area contributed by atoms with E-state index in [1.807, 2.05) is 32.0 Å². The van der Waals surface area contributed by atoms with Crippen molar-refractivity contribution in [2.45, 2.75) is 39.2 Å². The van der Waals surface area contributed by atoms with Gasteiger partial charge in [-0.2, -0.15) is 0 Å². The van der Waals surface area contributed by atoms with E-state index >= 15 is 0 Å². The number of carbonyl (C=O) groups is 1. The van der Waals surface area contributed by atoms with Gasteiger partial charge < -0.3 is 15.2 Å². The van der Waals surface area contributed by atoms with Crippen molar-refractivity contribution in [3.8, 4) is 11.8 Å². The van der Waals surface area contributed by atoms with Crippen LogP contribution in [0.25, 0.3) is 0 Å². The summed E-state index contributed by atoms with van der Waals surface area (Å²) in [4.78, 5) is 11.9. The predicted octanol–water partition coefficient (Wildman–Crippen LogP) is 2.48. The van der Waals surface area contributed by atoms with E-state index in [-0.39, 0.29) is 18.6 Å². The molecule has 1 unspecified atom stereocenters. The summed E-state index contributed by atoms with van der Waals surface area (Å²) in [5.74, 6) is 5.81. The van der Waals surface area contributed by atoms with Crippen LogP contribution in [0.15, 0.2) is 18.2 Å². The Morgan fingerprint density at radius 1 is 1.48 bits per heavy atom. The van der Waals surface area contributed by atoms with Gasteiger partial charge in [-0.05, 0) is 38.0 Å². The maximum absolute atomic E-state index is 11.9. The van der Waals surface area contributed by atoms with Crippen molar-refractivity contribution in [2.24, 2.45) is 0 Å². The summed E-state index contributed by atoms with van der Waals surface area (Å²) in [6, 6.07) is 5.69. The first-order valence-electron chi connectivity index (χ1n) is 7.10. The molecule has 114 valence electrons. The van der Waals surface area contributed by atoms with E-state index in [2.05, 4.69) is 17.2 Å². The average Bonchev–Trinajstić information content (AvgIpc) is 2.48. The maximum Gasteiger partial charge on any atom is 0.224 e. The fraction of sp³-hybridized carbons (Fsp3) is 0.471. The van der Waals surface area contributed by atoms with Crippen LogP contribution in [0.5, 0.6) is 0 Å². The summed E-state index contributed by atoms with van der Waals surface area (Å²) in [5.41, 5.74) is 2.60. The molecule has 1 amide bonds. The van der Waals surface area contributed by atoms with E-state index in [1.54, 1.807) is 7.11 Å². The van der Waals surface area contributed by atoms with E-state index in [9.17, 15) is 4.79 Å². The van der Waals surface area contributed by atoms with Crippen LogP contribution in [0.2, 0.25) is 0 Å². The van der Waals surface area contributed by atoms with E-state index in [1.165, 1.54) is 0 Å². The number of carbonyl (C=O) groups excluding carboxylic acids is 1. The minimum Gasteiger partial charge on any atom is -0.395 e. The molecule has 21 heavy (non-hydrogen) atoms. The van der Waals surface area contributed by atoms with Gasteiger partial charge in [-0.25, -0.2) is 0 Å². The molecule has 1 atom stereocenters. The lowest BCUT2D eigenvalue weighted by Gasteiger charge is -2.11. The Morgan fingerprint density at radius 2 is 2.24 bits per heavy atom. The summed E-state index contributed by atoms with van der Waals surface area (Å²) in [6.45, 7) is 3.94. The third-order valence-corrected chi connectivity index (χ3v) is 3.16. The Labute approximate surface area is 126 Å². The number of aliphatic hydroxyl groups excluding tert-OH is 1. The Hall–Kier alpha value is -1.83. The Balaban J connectivity index is 2.67. The van der Waals surface area contributed by atoms with E-state index in [4.69, 9.17) is 9.84 Å². The highest BCUT2D eigenvalue weighted by Crippen LogP contribution is 2.17.